The van der Waals surface area contributed by atoms with Gasteiger partial charge < -0.3 is 9.22 Å². The van der Waals surface area contributed by atoms with Crippen LogP contribution in [0.3, 0.4) is 0 Å². The van der Waals surface area contributed by atoms with Crippen molar-refractivity contribution in [3.63, 3.8) is 0 Å². The molecule has 0 aliphatic rings. The van der Waals surface area contributed by atoms with Gasteiger partial charge >= 0.3 is 0 Å². The molecular formula is C11H19N2O+. The summed E-state index contributed by atoms with van der Waals surface area (Å²) in [6.45, 7) is 1.91. The van der Waals surface area contributed by atoms with Gasteiger partial charge in [-0.15, -0.1) is 0 Å². The first kappa shape index (κ1) is 11.0. The largest absolute Gasteiger partial charge is 0.493 e. The van der Waals surface area contributed by atoms with Gasteiger partial charge in [0, 0.05) is 18.8 Å². The number of nitrogens with zero attached hydrogens (tertiary/aromatic N) is 2. The van der Waals surface area contributed by atoms with E-state index in [1.807, 2.05) is 12.1 Å². The lowest BCUT2D eigenvalue weighted by atomic mass is 10.4. The minimum Gasteiger partial charge on any atom is -0.493 e. The molecule has 0 unspecified atom stereocenters. The zero-order valence-corrected chi connectivity index (χ0v) is 9.23. The van der Waals surface area contributed by atoms with Crippen molar-refractivity contribution in [1.29, 1.82) is 0 Å². The third kappa shape index (κ3) is 4.82. The van der Waals surface area contributed by atoms with E-state index in [-0.39, 0.29) is 0 Å². The summed E-state index contributed by atoms with van der Waals surface area (Å²) in [6.07, 6.45) is 4.57. The molecule has 0 bridgehead atoms. The van der Waals surface area contributed by atoms with E-state index in [0.29, 0.717) is 0 Å². The quantitative estimate of drug-likeness (QED) is 0.525. The van der Waals surface area contributed by atoms with E-state index in [2.05, 4.69) is 26.1 Å². The number of hydrogen-bond acceptors (Lipinski definition) is 2. The first-order valence-corrected chi connectivity index (χ1v) is 4.91. The fraction of sp³-hybridized carbons (Fsp3) is 0.545. The number of pyridine rings is 1. The fourth-order valence-corrected chi connectivity index (χ4v) is 1.16. The molecule has 0 aliphatic heterocycles. The molecular weight excluding hydrogens is 176 g/mol. The summed E-state index contributed by atoms with van der Waals surface area (Å²) in [5.41, 5.74) is 0. The standard InChI is InChI=1S/C11H19N2O/c1-13(2,3)9-4-10-14-11-5-7-12-8-6-11/h5-8H,4,9-10H2,1-3H3/q+1. The van der Waals surface area contributed by atoms with Gasteiger partial charge in [0.2, 0.25) is 0 Å². The van der Waals surface area contributed by atoms with E-state index in [9.17, 15) is 0 Å². The van der Waals surface area contributed by atoms with E-state index in [4.69, 9.17) is 4.74 Å². The predicted molar refractivity (Wildman–Crippen MR) is 57.2 cm³/mol. The van der Waals surface area contributed by atoms with E-state index < -0.39 is 0 Å². The van der Waals surface area contributed by atoms with Crippen molar-refractivity contribution in [1.82, 2.24) is 4.98 Å². The molecule has 0 fully saturated rings. The number of aromatic nitrogens is 1. The Kier molecular flexibility index (Phi) is 3.89. The summed E-state index contributed by atoms with van der Waals surface area (Å²) in [5, 5.41) is 0. The van der Waals surface area contributed by atoms with Gasteiger partial charge in [-0.05, 0) is 12.1 Å². The van der Waals surface area contributed by atoms with E-state index >= 15 is 0 Å². The minimum atomic E-state index is 0.777. The van der Waals surface area contributed by atoms with E-state index in [0.717, 1.165) is 29.8 Å². The number of ether oxygens (including phenoxy) is 1. The molecule has 78 valence electrons. The Bertz CT molecular complexity index is 254. The molecule has 0 saturated heterocycles. The molecule has 3 heteroatoms. The van der Waals surface area contributed by atoms with Crippen LogP contribution in [0.5, 0.6) is 5.75 Å². The Morgan fingerprint density at radius 1 is 1.21 bits per heavy atom. The van der Waals surface area contributed by atoms with Crippen LogP contribution < -0.4 is 4.74 Å². The summed E-state index contributed by atoms with van der Waals surface area (Å²) in [4.78, 5) is 3.93. The van der Waals surface area contributed by atoms with Gasteiger partial charge in [0.15, 0.2) is 0 Å². The predicted octanol–water partition coefficient (Wildman–Crippen LogP) is 1.56. The monoisotopic (exact) mass is 195 g/mol. The maximum atomic E-state index is 5.55. The van der Waals surface area contributed by atoms with Gasteiger partial charge in [0.25, 0.3) is 0 Å². The highest BCUT2D eigenvalue weighted by Gasteiger charge is 2.05. The lowest BCUT2D eigenvalue weighted by Crippen LogP contribution is -2.35. The van der Waals surface area contributed by atoms with Crippen molar-refractivity contribution in [3.8, 4) is 5.75 Å². The molecule has 0 amide bonds. The molecule has 0 spiro atoms. The first-order chi connectivity index (χ1) is 6.58. The summed E-state index contributed by atoms with van der Waals surface area (Å²) in [5.74, 6) is 0.904. The number of rotatable bonds is 5. The van der Waals surface area contributed by atoms with Crippen LogP contribution in [-0.4, -0.2) is 43.8 Å². The van der Waals surface area contributed by atoms with E-state index in [1.165, 1.54) is 0 Å². The first-order valence-electron chi connectivity index (χ1n) is 4.91. The molecule has 1 rings (SSSR count). The Morgan fingerprint density at radius 2 is 1.86 bits per heavy atom. The average molecular weight is 195 g/mol. The van der Waals surface area contributed by atoms with Gasteiger partial charge in [-0.2, -0.15) is 0 Å². The van der Waals surface area contributed by atoms with Crippen LogP contribution in [0.25, 0.3) is 0 Å². The van der Waals surface area contributed by atoms with Crippen molar-refractivity contribution in [2.75, 3.05) is 34.3 Å². The van der Waals surface area contributed by atoms with Crippen molar-refractivity contribution in [2.24, 2.45) is 0 Å². The third-order valence-electron chi connectivity index (χ3n) is 1.89. The topological polar surface area (TPSA) is 22.1 Å². The zero-order chi connectivity index (χ0) is 10.4. The van der Waals surface area contributed by atoms with Crippen LogP contribution in [0.1, 0.15) is 6.42 Å². The zero-order valence-electron chi connectivity index (χ0n) is 9.23. The Labute approximate surface area is 85.9 Å². The van der Waals surface area contributed by atoms with Gasteiger partial charge in [-0.3, -0.25) is 4.98 Å². The highest BCUT2D eigenvalue weighted by atomic mass is 16.5. The van der Waals surface area contributed by atoms with Crippen LogP contribution in [-0.2, 0) is 0 Å². The van der Waals surface area contributed by atoms with Gasteiger partial charge in [0.05, 0.1) is 34.3 Å². The second-order valence-electron chi connectivity index (χ2n) is 4.40. The lowest BCUT2D eigenvalue weighted by molar-refractivity contribution is -0.870. The Morgan fingerprint density at radius 3 is 2.43 bits per heavy atom. The average Bonchev–Trinajstić information content (AvgIpc) is 2.13. The molecule has 0 saturated carbocycles. The van der Waals surface area contributed by atoms with Crippen molar-refractivity contribution in [3.05, 3.63) is 24.5 Å². The second kappa shape index (κ2) is 4.96. The molecule has 0 aromatic carbocycles. The molecule has 3 nitrogen and oxygen atoms in total. The van der Waals surface area contributed by atoms with Crippen molar-refractivity contribution >= 4 is 0 Å². The van der Waals surface area contributed by atoms with Gasteiger partial charge in [-0.25, -0.2) is 0 Å². The highest BCUT2D eigenvalue weighted by Crippen LogP contribution is 2.07. The normalized spacial score (nSPS) is 11.4. The molecule has 0 aliphatic carbocycles. The van der Waals surface area contributed by atoms with Crippen LogP contribution in [0, 0.1) is 0 Å². The summed E-state index contributed by atoms with van der Waals surface area (Å²) < 4.78 is 6.54. The lowest BCUT2D eigenvalue weighted by Gasteiger charge is -2.23. The second-order valence-corrected chi connectivity index (χ2v) is 4.40. The summed E-state index contributed by atoms with van der Waals surface area (Å²) in [7, 11) is 6.56. The molecule has 1 aromatic heterocycles. The van der Waals surface area contributed by atoms with Crippen molar-refractivity contribution in [2.45, 2.75) is 6.42 Å². The molecule has 1 heterocycles. The Balaban J connectivity index is 2.17. The molecule has 14 heavy (non-hydrogen) atoms. The highest BCUT2D eigenvalue weighted by molar-refractivity contribution is 5.16. The maximum absolute atomic E-state index is 5.55. The fourth-order valence-electron chi connectivity index (χ4n) is 1.16. The minimum absolute atomic E-state index is 0.777. The third-order valence-corrected chi connectivity index (χ3v) is 1.89. The molecule has 0 N–H and O–H groups in total. The smallest absolute Gasteiger partial charge is 0.122 e. The molecule has 0 atom stereocenters. The van der Waals surface area contributed by atoms with Gasteiger partial charge in [-0.1, -0.05) is 0 Å². The summed E-state index contributed by atoms with van der Waals surface area (Å²) >= 11 is 0. The van der Waals surface area contributed by atoms with Crippen LogP contribution >= 0.6 is 0 Å². The SMILES string of the molecule is C[N+](C)(C)CCCOc1ccncc1. The maximum Gasteiger partial charge on any atom is 0.122 e. The molecule has 1 aromatic rings. The summed E-state index contributed by atoms with van der Waals surface area (Å²) in [6, 6.07) is 3.76. The number of hydrogen-bond donors (Lipinski definition) is 0. The number of quaternary nitrogens is 1. The van der Waals surface area contributed by atoms with Crippen LogP contribution in [0.4, 0.5) is 0 Å². The van der Waals surface area contributed by atoms with Crippen LogP contribution in [0.15, 0.2) is 24.5 Å². The Hall–Kier alpha value is -1.09. The van der Waals surface area contributed by atoms with Crippen molar-refractivity contribution < 1.29 is 9.22 Å². The van der Waals surface area contributed by atoms with E-state index in [1.54, 1.807) is 12.4 Å². The van der Waals surface area contributed by atoms with Crippen LogP contribution in [0.2, 0.25) is 0 Å². The van der Waals surface area contributed by atoms with Gasteiger partial charge in [0.1, 0.15) is 5.75 Å². The molecule has 0 radical (unpaired) electrons.